The highest BCUT2D eigenvalue weighted by Crippen LogP contribution is 2.29. The van der Waals surface area contributed by atoms with Crippen molar-refractivity contribution in [3.63, 3.8) is 0 Å². The highest BCUT2D eigenvalue weighted by Gasteiger charge is 2.08. The second-order valence-corrected chi connectivity index (χ2v) is 4.70. The predicted molar refractivity (Wildman–Crippen MR) is 80.1 cm³/mol. The molecule has 0 fully saturated rings. The minimum absolute atomic E-state index is 0.00660. The van der Waals surface area contributed by atoms with E-state index in [0.717, 1.165) is 21.9 Å². The molecule has 0 unspecified atom stereocenters. The summed E-state index contributed by atoms with van der Waals surface area (Å²) in [6.45, 7) is -0.0500. The third kappa shape index (κ3) is 2.72. The Labute approximate surface area is 122 Å². The summed E-state index contributed by atoms with van der Waals surface area (Å²) in [5, 5.41) is 20.2. The normalized spacial score (nSPS) is 10.8. The first-order valence-electron chi connectivity index (χ1n) is 6.67. The summed E-state index contributed by atoms with van der Waals surface area (Å²) in [5.41, 5.74) is 1.60. The van der Waals surface area contributed by atoms with Gasteiger partial charge in [-0.3, -0.25) is 0 Å². The number of aliphatic hydroxyl groups is 2. The van der Waals surface area contributed by atoms with Crippen LogP contribution < -0.4 is 4.74 Å². The molecule has 0 saturated heterocycles. The van der Waals surface area contributed by atoms with Gasteiger partial charge in [-0.25, -0.2) is 4.98 Å². The number of ether oxygens (including phenoxy) is 1. The van der Waals surface area contributed by atoms with Gasteiger partial charge in [0.05, 0.1) is 13.2 Å². The van der Waals surface area contributed by atoms with Gasteiger partial charge in [0, 0.05) is 17.1 Å². The van der Waals surface area contributed by atoms with E-state index in [1.807, 2.05) is 24.3 Å². The van der Waals surface area contributed by atoms with E-state index in [9.17, 15) is 5.11 Å². The minimum atomic E-state index is -0.0566. The Balaban J connectivity index is 2.00. The molecule has 0 spiro atoms. The molecule has 1 heterocycles. The lowest BCUT2D eigenvalue weighted by Gasteiger charge is -2.10. The average Bonchev–Trinajstić information content (AvgIpc) is 2.56. The highest BCUT2D eigenvalue weighted by molar-refractivity contribution is 5.89. The fraction of sp³-hybridized carbons (Fsp3) is 0.118. The molecule has 4 heteroatoms. The monoisotopic (exact) mass is 281 g/mol. The van der Waals surface area contributed by atoms with Crippen LogP contribution in [0.3, 0.4) is 0 Å². The van der Waals surface area contributed by atoms with E-state index in [1.165, 1.54) is 0 Å². The smallest absolute Gasteiger partial charge is 0.227 e. The summed E-state index contributed by atoms with van der Waals surface area (Å²) < 4.78 is 5.82. The number of aromatic nitrogens is 1. The van der Waals surface area contributed by atoms with Crippen LogP contribution in [0.15, 0.2) is 54.7 Å². The first kappa shape index (κ1) is 13.5. The first-order valence-corrected chi connectivity index (χ1v) is 6.67. The summed E-state index contributed by atoms with van der Waals surface area (Å²) >= 11 is 0. The molecule has 0 amide bonds. The summed E-state index contributed by atoms with van der Waals surface area (Å²) in [7, 11) is 0. The minimum Gasteiger partial charge on any atom is -0.438 e. The lowest BCUT2D eigenvalue weighted by Crippen LogP contribution is -1.94. The zero-order valence-corrected chi connectivity index (χ0v) is 11.4. The molecule has 106 valence electrons. The molecule has 0 radical (unpaired) electrons. The molecular formula is C17H15NO3. The van der Waals surface area contributed by atoms with Gasteiger partial charge in [-0.1, -0.05) is 30.3 Å². The van der Waals surface area contributed by atoms with Gasteiger partial charge in [0.25, 0.3) is 0 Å². The van der Waals surface area contributed by atoms with Crippen LogP contribution in [0.1, 0.15) is 11.1 Å². The van der Waals surface area contributed by atoms with Crippen molar-refractivity contribution in [1.29, 1.82) is 0 Å². The van der Waals surface area contributed by atoms with Gasteiger partial charge in [0.15, 0.2) is 0 Å². The van der Waals surface area contributed by atoms with E-state index in [1.54, 1.807) is 30.5 Å². The summed E-state index contributed by atoms with van der Waals surface area (Å²) in [4.78, 5) is 4.28. The highest BCUT2D eigenvalue weighted by atomic mass is 16.5. The third-order valence-corrected chi connectivity index (χ3v) is 3.33. The Kier molecular flexibility index (Phi) is 3.81. The first-order chi connectivity index (χ1) is 10.3. The molecule has 0 saturated carbocycles. The van der Waals surface area contributed by atoms with Crippen LogP contribution in [0, 0.1) is 0 Å². The van der Waals surface area contributed by atoms with E-state index >= 15 is 0 Å². The van der Waals surface area contributed by atoms with Crippen LogP contribution >= 0.6 is 0 Å². The molecule has 0 atom stereocenters. The number of rotatable bonds is 4. The standard InChI is InChI=1S/C17H15NO3/c19-10-12-5-7-14(8-6-12)21-17-16-4-2-1-3-15(16)13(11-20)9-18-17/h1-9,19-20H,10-11H2. The van der Waals surface area contributed by atoms with Gasteiger partial charge >= 0.3 is 0 Å². The summed E-state index contributed by atoms with van der Waals surface area (Å²) in [6, 6.07) is 14.9. The van der Waals surface area contributed by atoms with Crippen molar-refractivity contribution in [2.24, 2.45) is 0 Å². The summed E-state index contributed by atoms with van der Waals surface area (Å²) in [5.74, 6) is 1.15. The van der Waals surface area contributed by atoms with E-state index in [0.29, 0.717) is 11.6 Å². The maximum atomic E-state index is 9.37. The molecule has 3 aromatic rings. The van der Waals surface area contributed by atoms with E-state index < -0.39 is 0 Å². The Morgan fingerprint density at radius 3 is 2.24 bits per heavy atom. The van der Waals surface area contributed by atoms with Crippen molar-refractivity contribution < 1.29 is 14.9 Å². The van der Waals surface area contributed by atoms with Gasteiger partial charge in [0.1, 0.15) is 5.75 Å². The second kappa shape index (κ2) is 5.91. The maximum absolute atomic E-state index is 9.37. The number of hydrogen-bond acceptors (Lipinski definition) is 4. The van der Waals surface area contributed by atoms with Crippen LogP contribution in [0.5, 0.6) is 11.6 Å². The number of benzene rings is 2. The number of pyridine rings is 1. The average molecular weight is 281 g/mol. The largest absolute Gasteiger partial charge is 0.438 e. The number of nitrogens with zero attached hydrogens (tertiary/aromatic N) is 1. The Hall–Kier alpha value is -2.43. The van der Waals surface area contributed by atoms with Crippen LogP contribution in [0.2, 0.25) is 0 Å². The number of hydrogen-bond donors (Lipinski definition) is 2. The summed E-state index contributed by atoms with van der Waals surface area (Å²) in [6.07, 6.45) is 1.62. The van der Waals surface area contributed by atoms with Crippen molar-refractivity contribution in [3.8, 4) is 11.6 Å². The van der Waals surface area contributed by atoms with Crippen molar-refractivity contribution in [2.45, 2.75) is 13.2 Å². The molecule has 3 rings (SSSR count). The maximum Gasteiger partial charge on any atom is 0.227 e. The van der Waals surface area contributed by atoms with E-state index in [-0.39, 0.29) is 13.2 Å². The van der Waals surface area contributed by atoms with Gasteiger partial charge in [-0.15, -0.1) is 0 Å². The second-order valence-electron chi connectivity index (χ2n) is 4.70. The molecule has 0 bridgehead atoms. The molecule has 2 N–H and O–H groups in total. The quantitative estimate of drug-likeness (QED) is 0.771. The van der Waals surface area contributed by atoms with Gasteiger partial charge in [0.2, 0.25) is 5.88 Å². The van der Waals surface area contributed by atoms with E-state index in [4.69, 9.17) is 9.84 Å². The lowest BCUT2D eigenvalue weighted by atomic mass is 10.1. The molecule has 0 aliphatic carbocycles. The molecule has 4 nitrogen and oxygen atoms in total. The van der Waals surface area contributed by atoms with Gasteiger partial charge < -0.3 is 14.9 Å². The van der Waals surface area contributed by atoms with Crippen molar-refractivity contribution in [2.75, 3.05) is 0 Å². The molecule has 1 aromatic heterocycles. The number of aliphatic hydroxyl groups excluding tert-OH is 2. The van der Waals surface area contributed by atoms with Crippen LogP contribution in [0.25, 0.3) is 10.8 Å². The van der Waals surface area contributed by atoms with E-state index in [2.05, 4.69) is 4.98 Å². The Bertz CT molecular complexity index is 754. The molecule has 21 heavy (non-hydrogen) atoms. The zero-order valence-electron chi connectivity index (χ0n) is 11.4. The Morgan fingerprint density at radius 1 is 0.857 bits per heavy atom. The number of fused-ring (bicyclic) bond motifs is 1. The molecular weight excluding hydrogens is 266 g/mol. The SMILES string of the molecule is OCc1ccc(Oc2ncc(CO)c3ccccc23)cc1. The van der Waals surface area contributed by atoms with Crippen molar-refractivity contribution in [3.05, 3.63) is 65.9 Å². The van der Waals surface area contributed by atoms with Gasteiger partial charge in [-0.05, 0) is 29.1 Å². The third-order valence-electron chi connectivity index (χ3n) is 3.33. The van der Waals surface area contributed by atoms with Crippen LogP contribution in [-0.4, -0.2) is 15.2 Å². The fourth-order valence-corrected chi connectivity index (χ4v) is 2.21. The van der Waals surface area contributed by atoms with Crippen molar-refractivity contribution >= 4 is 10.8 Å². The molecule has 0 aliphatic heterocycles. The van der Waals surface area contributed by atoms with Gasteiger partial charge in [-0.2, -0.15) is 0 Å². The molecule has 0 aliphatic rings. The van der Waals surface area contributed by atoms with Crippen LogP contribution in [-0.2, 0) is 13.2 Å². The predicted octanol–water partition coefficient (Wildman–Crippen LogP) is 3.01. The topological polar surface area (TPSA) is 62.6 Å². The zero-order chi connectivity index (χ0) is 14.7. The lowest BCUT2D eigenvalue weighted by molar-refractivity contribution is 0.281. The Morgan fingerprint density at radius 2 is 1.57 bits per heavy atom. The van der Waals surface area contributed by atoms with Crippen LogP contribution in [0.4, 0.5) is 0 Å². The van der Waals surface area contributed by atoms with Crippen molar-refractivity contribution in [1.82, 2.24) is 4.98 Å². The fourth-order valence-electron chi connectivity index (χ4n) is 2.21. The molecule has 2 aromatic carbocycles.